The van der Waals surface area contributed by atoms with Gasteiger partial charge in [-0.2, -0.15) is 0 Å². The fourth-order valence-electron chi connectivity index (χ4n) is 1.68. The van der Waals surface area contributed by atoms with Crippen LogP contribution in [0.15, 0.2) is 23.8 Å². The minimum Gasteiger partial charge on any atom is -0.492 e. The van der Waals surface area contributed by atoms with Gasteiger partial charge in [0.15, 0.2) is 11.7 Å². The molecule has 0 atom stereocenters. The first kappa shape index (κ1) is 18.9. The summed E-state index contributed by atoms with van der Waals surface area (Å²) in [5.74, 6) is 0.503. The predicted molar refractivity (Wildman–Crippen MR) is 82.7 cm³/mol. The van der Waals surface area contributed by atoms with Gasteiger partial charge in [0, 0.05) is 18.3 Å². The van der Waals surface area contributed by atoms with Crippen molar-refractivity contribution >= 4 is 23.7 Å². The number of carbonyl (C=O) groups excluding carboxylic acids is 2. The fourth-order valence-corrected chi connectivity index (χ4v) is 1.68. The number of nitro groups is 1. The van der Waals surface area contributed by atoms with E-state index in [-0.39, 0.29) is 36.0 Å². The van der Waals surface area contributed by atoms with Crippen LogP contribution in [0.2, 0.25) is 0 Å². The summed E-state index contributed by atoms with van der Waals surface area (Å²) in [7, 11) is 1.26. The smallest absolute Gasteiger partial charge is 0.339 e. The molecule has 0 saturated carbocycles. The quantitative estimate of drug-likeness (QED) is 0.176. The average Bonchev–Trinajstić information content (AvgIpc) is 2.57. The third-order valence-electron chi connectivity index (χ3n) is 2.70. The molecule has 0 spiro atoms. The van der Waals surface area contributed by atoms with Crippen LogP contribution in [-0.2, 0) is 19.0 Å². The number of methoxy groups -OCH3 is 1. The Hall–Kier alpha value is -3.19. The molecule has 9 nitrogen and oxygen atoms in total. The van der Waals surface area contributed by atoms with Crippen molar-refractivity contribution in [1.82, 2.24) is 4.98 Å². The van der Waals surface area contributed by atoms with Gasteiger partial charge in [0.25, 0.3) is 5.69 Å². The number of carbonyl (C=O) groups is 1. The van der Waals surface area contributed by atoms with E-state index in [1.54, 1.807) is 19.8 Å². The van der Waals surface area contributed by atoms with Crippen LogP contribution in [0.4, 0.5) is 5.69 Å². The van der Waals surface area contributed by atoms with Crippen LogP contribution in [-0.4, -0.2) is 42.1 Å². The maximum atomic E-state index is 11.6. The largest absolute Gasteiger partial charge is 0.492 e. The van der Waals surface area contributed by atoms with Crippen molar-refractivity contribution in [2.24, 2.45) is 0 Å². The molecule has 0 bridgehead atoms. The molecule has 0 aliphatic heterocycles. The Morgan fingerprint density at radius 3 is 2.54 bits per heavy atom. The van der Waals surface area contributed by atoms with Crippen LogP contribution < -0.4 is 0 Å². The molecule has 1 rings (SSSR count). The highest BCUT2D eigenvalue weighted by molar-refractivity contribution is 5.90. The number of esters is 1. The highest BCUT2D eigenvalue weighted by Crippen LogP contribution is 2.23. The van der Waals surface area contributed by atoms with Crippen molar-refractivity contribution in [3.05, 3.63) is 45.2 Å². The Morgan fingerprint density at radius 1 is 1.38 bits per heavy atom. The van der Waals surface area contributed by atoms with E-state index < -0.39 is 16.6 Å². The van der Waals surface area contributed by atoms with E-state index in [4.69, 9.17) is 14.2 Å². The zero-order valence-electron chi connectivity index (χ0n) is 13.4. The van der Waals surface area contributed by atoms with Crippen molar-refractivity contribution < 1.29 is 28.7 Å². The second-order valence-corrected chi connectivity index (χ2v) is 4.18. The number of hydrogen-bond donors (Lipinski definition) is 0. The van der Waals surface area contributed by atoms with E-state index in [0.29, 0.717) is 0 Å². The highest BCUT2D eigenvalue weighted by atomic mass is 16.6. The Morgan fingerprint density at radius 2 is 2.04 bits per heavy atom. The molecule has 0 aromatic carbocycles. The third-order valence-corrected chi connectivity index (χ3v) is 2.70. The van der Waals surface area contributed by atoms with Crippen molar-refractivity contribution in [2.45, 2.75) is 13.8 Å². The Kier molecular flexibility index (Phi) is 7.12. The highest BCUT2D eigenvalue weighted by Gasteiger charge is 2.20. The zero-order chi connectivity index (χ0) is 18.1. The number of hydrogen-bond acceptors (Lipinski definition) is 8. The van der Waals surface area contributed by atoms with Crippen molar-refractivity contribution in [2.75, 3.05) is 20.3 Å². The van der Waals surface area contributed by atoms with Gasteiger partial charge in [0.05, 0.1) is 30.8 Å². The van der Waals surface area contributed by atoms with Gasteiger partial charge < -0.3 is 14.2 Å². The maximum absolute atomic E-state index is 11.6. The normalized spacial score (nSPS) is 10.5. The van der Waals surface area contributed by atoms with Gasteiger partial charge in [0.1, 0.15) is 5.69 Å². The second kappa shape index (κ2) is 9.06. The minimum absolute atomic E-state index is 0.0596. The van der Waals surface area contributed by atoms with Crippen LogP contribution in [0.3, 0.4) is 0 Å². The summed E-state index contributed by atoms with van der Waals surface area (Å²) in [5.41, 5.74) is -0.621. The summed E-state index contributed by atoms with van der Waals surface area (Å²) in [4.78, 5) is 36.9. The predicted octanol–water partition coefficient (Wildman–Crippen LogP) is 1.91. The number of pyridine rings is 1. The van der Waals surface area contributed by atoms with Gasteiger partial charge in [-0.15, -0.1) is 0 Å². The molecule has 0 saturated heterocycles. The molecule has 0 aliphatic rings. The molecule has 0 amide bonds. The molecule has 24 heavy (non-hydrogen) atoms. The van der Waals surface area contributed by atoms with Crippen LogP contribution in [0.1, 0.15) is 29.9 Å². The second-order valence-electron chi connectivity index (χ2n) is 4.18. The molecule has 0 radical (unpaired) electrons. The summed E-state index contributed by atoms with van der Waals surface area (Å²) in [6.07, 6.45) is 2.29. The lowest BCUT2D eigenvalue weighted by Gasteiger charge is -2.08. The van der Waals surface area contributed by atoms with Gasteiger partial charge in [-0.05, 0) is 13.8 Å². The molecule has 0 fully saturated rings. The number of aromatic nitrogens is 1. The first-order chi connectivity index (χ1) is 11.5. The summed E-state index contributed by atoms with van der Waals surface area (Å²) in [5, 5.41) is 11.2. The Labute approximate surface area is 137 Å². The Bertz CT molecular complexity index is 706. The zero-order valence-corrected chi connectivity index (χ0v) is 13.4. The summed E-state index contributed by atoms with van der Waals surface area (Å²) < 4.78 is 14.8. The SMILES string of the molecule is CCOC(=O)c1cnc(/C=C(/OC)C(=C=O)OCC)c([N+](=O)[O-])c1. The average molecular weight is 336 g/mol. The van der Waals surface area contributed by atoms with Gasteiger partial charge in [-0.25, -0.2) is 14.6 Å². The van der Waals surface area contributed by atoms with E-state index >= 15 is 0 Å². The van der Waals surface area contributed by atoms with Crippen molar-refractivity contribution in [1.29, 1.82) is 0 Å². The van der Waals surface area contributed by atoms with Crippen LogP contribution in [0, 0.1) is 10.1 Å². The first-order valence-corrected chi connectivity index (χ1v) is 6.93. The summed E-state index contributed by atoms with van der Waals surface area (Å²) >= 11 is 0. The molecule has 0 N–H and O–H groups in total. The Balaban J connectivity index is 3.37. The number of ether oxygens (including phenoxy) is 3. The third kappa shape index (κ3) is 4.65. The molecule has 9 heteroatoms. The van der Waals surface area contributed by atoms with Gasteiger partial charge in [0.2, 0.25) is 5.76 Å². The standard InChI is InChI=1S/C15H16N2O7/c1-4-23-14(9-18)13(22-3)7-11-12(17(20)21)6-10(8-16-11)15(19)24-5-2/h6-8H,4-5H2,1-3H3/b13-7+. The lowest BCUT2D eigenvalue weighted by atomic mass is 10.2. The lowest BCUT2D eigenvalue weighted by Crippen LogP contribution is -2.07. The number of nitrogens with zero attached hydrogens (tertiary/aromatic N) is 2. The molecule has 1 heterocycles. The summed E-state index contributed by atoms with van der Waals surface area (Å²) in [6.45, 7) is 3.58. The van der Waals surface area contributed by atoms with E-state index in [9.17, 15) is 19.7 Å². The molecule has 1 aromatic heterocycles. The maximum Gasteiger partial charge on any atom is 0.339 e. The molecule has 1 aromatic rings. The molecule has 128 valence electrons. The summed E-state index contributed by atoms with van der Waals surface area (Å²) in [6, 6.07) is 1.04. The first-order valence-electron chi connectivity index (χ1n) is 6.93. The topological polar surface area (TPSA) is 118 Å². The van der Waals surface area contributed by atoms with E-state index in [0.717, 1.165) is 18.3 Å². The van der Waals surface area contributed by atoms with E-state index in [1.165, 1.54) is 7.11 Å². The van der Waals surface area contributed by atoms with Crippen LogP contribution in [0.25, 0.3) is 6.08 Å². The van der Waals surface area contributed by atoms with Crippen molar-refractivity contribution in [3.63, 3.8) is 0 Å². The number of rotatable bonds is 8. The van der Waals surface area contributed by atoms with Crippen LogP contribution >= 0.6 is 0 Å². The molecule has 0 unspecified atom stereocenters. The monoisotopic (exact) mass is 336 g/mol. The van der Waals surface area contributed by atoms with Gasteiger partial charge in [-0.3, -0.25) is 10.1 Å². The van der Waals surface area contributed by atoms with Gasteiger partial charge in [-0.1, -0.05) is 0 Å². The molecule has 0 aliphatic carbocycles. The molecular weight excluding hydrogens is 320 g/mol. The molecular formula is C15H16N2O7. The van der Waals surface area contributed by atoms with Crippen LogP contribution in [0.5, 0.6) is 0 Å². The minimum atomic E-state index is -0.724. The van der Waals surface area contributed by atoms with Gasteiger partial charge >= 0.3 is 5.97 Å². The fraction of sp³-hybridized carbons (Fsp3) is 0.333. The van der Waals surface area contributed by atoms with E-state index in [1.807, 2.05) is 0 Å². The van der Waals surface area contributed by atoms with E-state index in [2.05, 4.69) is 4.98 Å². The lowest BCUT2D eigenvalue weighted by molar-refractivity contribution is -0.385. The van der Waals surface area contributed by atoms with Crippen molar-refractivity contribution in [3.8, 4) is 0 Å².